The fourth-order valence-corrected chi connectivity index (χ4v) is 3.21. The molecule has 1 fully saturated rings. The van der Waals surface area contributed by atoms with E-state index >= 15 is 0 Å². The van der Waals surface area contributed by atoms with Crippen molar-refractivity contribution in [2.45, 2.75) is 32.9 Å². The predicted molar refractivity (Wildman–Crippen MR) is 92.8 cm³/mol. The van der Waals surface area contributed by atoms with Gasteiger partial charge in [0.2, 0.25) is 0 Å². The van der Waals surface area contributed by atoms with Gasteiger partial charge in [-0.2, -0.15) is 5.10 Å². The smallest absolute Gasteiger partial charge is 0.274 e. The van der Waals surface area contributed by atoms with Gasteiger partial charge in [0.05, 0.1) is 7.11 Å². The van der Waals surface area contributed by atoms with Crippen molar-refractivity contribution in [2.24, 2.45) is 0 Å². The molecule has 0 radical (unpaired) electrons. The van der Waals surface area contributed by atoms with E-state index in [9.17, 15) is 4.79 Å². The number of ether oxygens (including phenoxy) is 1. The first-order valence-corrected chi connectivity index (χ1v) is 8.24. The van der Waals surface area contributed by atoms with Crippen LogP contribution in [0, 0.1) is 6.92 Å². The van der Waals surface area contributed by atoms with Gasteiger partial charge in [-0.3, -0.25) is 4.79 Å². The van der Waals surface area contributed by atoms with Gasteiger partial charge in [0.25, 0.3) is 5.91 Å². The molecule has 0 unspecified atom stereocenters. The standard InChI is InChI=1S/C18H24N4O2/c1-12-5-6-17(24-4)16(9-12)22-8-7-15(20-22)18(23)21-10-13(2)19-14(3)11-21/h5-9,13-14,19H,10-11H2,1-4H3/t13-,14+. The summed E-state index contributed by atoms with van der Waals surface area (Å²) in [6.45, 7) is 7.59. The number of hydrogen-bond donors (Lipinski definition) is 1. The van der Waals surface area contributed by atoms with Gasteiger partial charge in [0.1, 0.15) is 11.4 Å². The molecule has 0 spiro atoms. The normalized spacial score (nSPS) is 20.9. The number of nitrogens with one attached hydrogen (secondary N) is 1. The molecule has 1 saturated heterocycles. The highest BCUT2D eigenvalue weighted by molar-refractivity contribution is 5.92. The maximum atomic E-state index is 12.7. The summed E-state index contributed by atoms with van der Waals surface area (Å²) in [7, 11) is 1.63. The number of benzene rings is 1. The van der Waals surface area contributed by atoms with Crippen molar-refractivity contribution in [2.75, 3.05) is 20.2 Å². The number of hydrogen-bond acceptors (Lipinski definition) is 4. The van der Waals surface area contributed by atoms with Crippen LogP contribution in [-0.2, 0) is 0 Å². The van der Waals surface area contributed by atoms with Crippen molar-refractivity contribution < 1.29 is 9.53 Å². The molecule has 6 nitrogen and oxygen atoms in total. The van der Waals surface area contributed by atoms with Crippen molar-refractivity contribution in [1.29, 1.82) is 0 Å². The number of nitrogens with zero attached hydrogens (tertiary/aromatic N) is 3. The summed E-state index contributed by atoms with van der Waals surface area (Å²) < 4.78 is 7.11. The van der Waals surface area contributed by atoms with Crippen LogP contribution in [0.1, 0.15) is 29.9 Å². The van der Waals surface area contributed by atoms with Crippen LogP contribution in [0.2, 0.25) is 0 Å². The molecule has 1 aliphatic heterocycles. The lowest BCUT2D eigenvalue weighted by molar-refractivity contribution is 0.0667. The summed E-state index contributed by atoms with van der Waals surface area (Å²) >= 11 is 0. The fourth-order valence-electron chi connectivity index (χ4n) is 3.21. The molecule has 2 aromatic rings. The number of aryl methyl sites for hydroxylation is 1. The first kappa shape index (κ1) is 16.5. The van der Waals surface area contributed by atoms with E-state index in [4.69, 9.17) is 4.74 Å². The first-order chi connectivity index (χ1) is 11.5. The van der Waals surface area contributed by atoms with E-state index < -0.39 is 0 Å². The third-order valence-corrected chi connectivity index (χ3v) is 4.23. The van der Waals surface area contributed by atoms with Crippen LogP contribution in [0.3, 0.4) is 0 Å². The molecule has 3 rings (SSSR count). The molecule has 2 atom stereocenters. The van der Waals surface area contributed by atoms with Gasteiger partial charge >= 0.3 is 0 Å². The van der Waals surface area contributed by atoms with Gasteiger partial charge in [-0.25, -0.2) is 4.68 Å². The molecule has 0 aliphatic carbocycles. The lowest BCUT2D eigenvalue weighted by Gasteiger charge is -2.35. The van der Waals surface area contributed by atoms with Crippen LogP contribution in [0.5, 0.6) is 5.75 Å². The third kappa shape index (κ3) is 3.28. The molecule has 2 heterocycles. The van der Waals surface area contributed by atoms with Gasteiger partial charge in [-0.05, 0) is 44.5 Å². The number of piperazine rings is 1. The summed E-state index contributed by atoms with van der Waals surface area (Å²) in [5.74, 6) is 0.702. The monoisotopic (exact) mass is 328 g/mol. The van der Waals surface area contributed by atoms with Gasteiger partial charge in [0, 0.05) is 31.4 Å². The number of methoxy groups -OCH3 is 1. The Morgan fingerprint density at radius 3 is 2.62 bits per heavy atom. The van der Waals surface area contributed by atoms with Crippen LogP contribution in [0.4, 0.5) is 0 Å². The highest BCUT2D eigenvalue weighted by Gasteiger charge is 2.27. The Hall–Kier alpha value is -2.34. The van der Waals surface area contributed by atoms with E-state index in [0.29, 0.717) is 18.8 Å². The largest absolute Gasteiger partial charge is 0.494 e. The molecule has 128 valence electrons. The molecule has 6 heteroatoms. The van der Waals surface area contributed by atoms with Crippen LogP contribution in [0.25, 0.3) is 5.69 Å². The number of carbonyl (C=O) groups is 1. The molecule has 1 aromatic heterocycles. The number of carbonyl (C=O) groups excluding carboxylic acids is 1. The minimum atomic E-state index is -0.0273. The summed E-state index contributed by atoms with van der Waals surface area (Å²) in [6, 6.07) is 8.24. The topological polar surface area (TPSA) is 59.4 Å². The Labute approximate surface area is 142 Å². The maximum Gasteiger partial charge on any atom is 0.274 e. The van der Waals surface area contributed by atoms with E-state index in [-0.39, 0.29) is 18.0 Å². The predicted octanol–water partition coefficient (Wildman–Crippen LogP) is 2.01. The minimum Gasteiger partial charge on any atom is -0.494 e. The Morgan fingerprint density at radius 1 is 1.25 bits per heavy atom. The van der Waals surface area contributed by atoms with Gasteiger partial charge < -0.3 is 15.0 Å². The molecule has 24 heavy (non-hydrogen) atoms. The number of aromatic nitrogens is 2. The van der Waals surface area contributed by atoms with E-state index in [1.165, 1.54) is 0 Å². The molecule has 1 N–H and O–H groups in total. The van der Waals surface area contributed by atoms with Crippen molar-refractivity contribution in [1.82, 2.24) is 20.0 Å². The zero-order valence-corrected chi connectivity index (χ0v) is 14.6. The fraction of sp³-hybridized carbons (Fsp3) is 0.444. The van der Waals surface area contributed by atoms with Gasteiger partial charge in [-0.1, -0.05) is 6.07 Å². The van der Waals surface area contributed by atoms with E-state index in [2.05, 4.69) is 24.3 Å². The molecule has 1 aliphatic rings. The summed E-state index contributed by atoms with van der Waals surface area (Å²) in [5.41, 5.74) is 2.40. The van der Waals surface area contributed by atoms with Crippen LogP contribution < -0.4 is 10.1 Å². The second-order valence-corrected chi connectivity index (χ2v) is 6.50. The van der Waals surface area contributed by atoms with Crippen LogP contribution in [0.15, 0.2) is 30.5 Å². The highest BCUT2D eigenvalue weighted by atomic mass is 16.5. The van der Waals surface area contributed by atoms with Gasteiger partial charge in [0.15, 0.2) is 5.69 Å². The second-order valence-electron chi connectivity index (χ2n) is 6.50. The maximum absolute atomic E-state index is 12.7. The van der Waals surface area contributed by atoms with E-state index in [1.807, 2.05) is 30.0 Å². The number of rotatable bonds is 3. The molecule has 0 bridgehead atoms. The Bertz CT molecular complexity index is 730. The summed E-state index contributed by atoms with van der Waals surface area (Å²) in [6.07, 6.45) is 1.81. The Balaban J connectivity index is 1.85. The van der Waals surface area contributed by atoms with Crippen LogP contribution in [-0.4, -0.2) is 52.9 Å². The zero-order valence-electron chi connectivity index (χ0n) is 14.6. The molecule has 1 amide bonds. The lowest BCUT2D eigenvalue weighted by atomic mass is 10.1. The second kappa shape index (κ2) is 6.65. The molecule has 1 aromatic carbocycles. The van der Waals surface area contributed by atoms with Crippen LogP contribution >= 0.6 is 0 Å². The van der Waals surface area contributed by atoms with Crippen molar-refractivity contribution in [3.63, 3.8) is 0 Å². The van der Waals surface area contributed by atoms with Crippen molar-refractivity contribution in [3.8, 4) is 11.4 Å². The average molecular weight is 328 g/mol. The van der Waals surface area contributed by atoms with E-state index in [0.717, 1.165) is 17.0 Å². The quantitative estimate of drug-likeness (QED) is 0.936. The van der Waals surface area contributed by atoms with E-state index in [1.54, 1.807) is 24.1 Å². The lowest BCUT2D eigenvalue weighted by Crippen LogP contribution is -2.55. The molecular weight excluding hydrogens is 304 g/mol. The third-order valence-electron chi connectivity index (χ3n) is 4.23. The average Bonchev–Trinajstić information content (AvgIpc) is 3.03. The van der Waals surface area contributed by atoms with Crippen molar-refractivity contribution >= 4 is 5.91 Å². The molecular formula is C18H24N4O2. The summed E-state index contributed by atoms with van der Waals surface area (Å²) in [4.78, 5) is 14.6. The zero-order chi connectivity index (χ0) is 17.3. The first-order valence-electron chi connectivity index (χ1n) is 8.24. The Kier molecular flexibility index (Phi) is 4.57. The highest BCUT2D eigenvalue weighted by Crippen LogP contribution is 2.23. The van der Waals surface area contributed by atoms with Crippen molar-refractivity contribution in [3.05, 3.63) is 41.7 Å². The van der Waals surface area contributed by atoms with Gasteiger partial charge in [-0.15, -0.1) is 0 Å². The summed E-state index contributed by atoms with van der Waals surface area (Å²) in [5, 5.41) is 7.91. The Morgan fingerprint density at radius 2 is 1.96 bits per heavy atom. The molecule has 0 saturated carbocycles. The SMILES string of the molecule is COc1ccc(C)cc1-n1ccc(C(=O)N2C[C@@H](C)N[C@@H](C)C2)n1. The minimum absolute atomic E-state index is 0.0273. The number of amides is 1.